The third-order valence-electron chi connectivity index (χ3n) is 2.33. The molecule has 0 aromatic heterocycles. The Morgan fingerprint density at radius 3 is 3.00 bits per heavy atom. The molecular formula is C10H12N2O. The number of carbonyl (C=O) groups is 1. The van der Waals surface area contributed by atoms with Crippen molar-refractivity contribution in [3.63, 3.8) is 0 Å². The van der Waals surface area contributed by atoms with Gasteiger partial charge in [0.05, 0.1) is 0 Å². The van der Waals surface area contributed by atoms with Crippen LogP contribution in [0, 0.1) is 0 Å². The average Bonchev–Trinajstić information content (AvgIpc) is 2.59. The van der Waals surface area contributed by atoms with Gasteiger partial charge in [-0.05, 0) is 11.6 Å². The van der Waals surface area contributed by atoms with Gasteiger partial charge < -0.3 is 10.6 Å². The number of benzene rings is 1. The van der Waals surface area contributed by atoms with Crippen LogP contribution in [0.5, 0.6) is 0 Å². The SMILES string of the molecule is CNC(=O)[C@H]1Cc2ccccc2N1. The van der Waals surface area contributed by atoms with Crippen molar-refractivity contribution in [3.8, 4) is 0 Å². The van der Waals surface area contributed by atoms with E-state index in [0.717, 1.165) is 12.1 Å². The van der Waals surface area contributed by atoms with Crippen LogP contribution in [-0.2, 0) is 11.2 Å². The number of nitrogens with one attached hydrogen (secondary N) is 2. The van der Waals surface area contributed by atoms with E-state index in [-0.39, 0.29) is 11.9 Å². The first-order chi connectivity index (χ1) is 6.31. The fourth-order valence-corrected chi connectivity index (χ4v) is 1.63. The molecular weight excluding hydrogens is 164 g/mol. The Balaban J connectivity index is 2.18. The summed E-state index contributed by atoms with van der Waals surface area (Å²) in [6.07, 6.45) is 0.788. The van der Waals surface area contributed by atoms with E-state index in [1.165, 1.54) is 5.56 Å². The minimum absolute atomic E-state index is 0.0520. The topological polar surface area (TPSA) is 41.1 Å². The zero-order valence-electron chi connectivity index (χ0n) is 7.50. The zero-order chi connectivity index (χ0) is 9.26. The monoisotopic (exact) mass is 176 g/mol. The lowest BCUT2D eigenvalue weighted by Crippen LogP contribution is -2.36. The summed E-state index contributed by atoms with van der Waals surface area (Å²) in [6, 6.07) is 7.91. The van der Waals surface area contributed by atoms with Crippen LogP contribution in [0.4, 0.5) is 5.69 Å². The average molecular weight is 176 g/mol. The third-order valence-corrected chi connectivity index (χ3v) is 2.33. The van der Waals surface area contributed by atoms with Gasteiger partial charge in [0.25, 0.3) is 0 Å². The molecule has 0 fully saturated rings. The van der Waals surface area contributed by atoms with E-state index in [4.69, 9.17) is 0 Å². The van der Waals surface area contributed by atoms with E-state index in [9.17, 15) is 4.79 Å². The number of anilines is 1. The lowest BCUT2D eigenvalue weighted by molar-refractivity contribution is -0.121. The molecule has 13 heavy (non-hydrogen) atoms. The number of hydrogen-bond donors (Lipinski definition) is 2. The molecule has 2 N–H and O–H groups in total. The summed E-state index contributed by atoms with van der Waals surface area (Å²) in [5, 5.41) is 5.81. The molecule has 1 aliphatic rings. The lowest BCUT2D eigenvalue weighted by Gasteiger charge is -2.08. The molecule has 0 bridgehead atoms. The second-order valence-electron chi connectivity index (χ2n) is 3.17. The first-order valence-corrected chi connectivity index (χ1v) is 4.37. The summed E-state index contributed by atoms with van der Waals surface area (Å²) in [5.41, 5.74) is 2.30. The van der Waals surface area contributed by atoms with Crippen molar-refractivity contribution in [2.24, 2.45) is 0 Å². The maximum Gasteiger partial charge on any atom is 0.242 e. The molecule has 0 saturated heterocycles. The Bertz CT molecular complexity index is 310. The smallest absolute Gasteiger partial charge is 0.242 e. The van der Waals surface area contributed by atoms with Crippen LogP contribution in [0.2, 0.25) is 0 Å². The first-order valence-electron chi connectivity index (χ1n) is 4.37. The fraction of sp³-hybridized carbons (Fsp3) is 0.300. The Labute approximate surface area is 77.1 Å². The van der Waals surface area contributed by atoms with Crippen LogP contribution in [0.1, 0.15) is 5.56 Å². The van der Waals surface area contributed by atoms with Gasteiger partial charge in [-0.3, -0.25) is 4.79 Å². The Morgan fingerprint density at radius 2 is 2.31 bits per heavy atom. The summed E-state index contributed by atoms with van der Waals surface area (Å²) < 4.78 is 0. The number of likely N-dealkylation sites (N-methyl/N-ethyl adjacent to an activating group) is 1. The van der Waals surface area contributed by atoms with Gasteiger partial charge in [-0.2, -0.15) is 0 Å². The van der Waals surface area contributed by atoms with E-state index >= 15 is 0 Å². The van der Waals surface area contributed by atoms with Crippen LogP contribution in [-0.4, -0.2) is 19.0 Å². The Kier molecular flexibility index (Phi) is 1.93. The van der Waals surface area contributed by atoms with Crippen molar-refractivity contribution in [1.29, 1.82) is 0 Å². The summed E-state index contributed by atoms with van der Waals surface area (Å²) in [7, 11) is 1.66. The second kappa shape index (κ2) is 3.09. The lowest BCUT2D eigenvalue weighted by atomic mass is 10.1. The van der Waals surface area contributed by atoms with Crippen molar-refractivity contribution in [3.05, 3.63) is 29.8 Å². The normalized spacial score (nSPS) is 19.0. The van der Waals surface area contributed by atoms with Crippen LogP contribution in [0.25, 0.3) is 0 Å². The molecule has 0 radical (unpaired) electrons. The zero-order valence-corrected chi connectivity index (χ0v) is 7.50. The molecule has 2 rings (SSSR count). The van der Waals surface area contributed by atoms with Crippen molar-refractivity contribution in [1.82, 2.24) is 5.32 Å². The van der Waals surface area contributed by atoms with Gasteiger partial charge in [-0.1, -0.05) is 18.2 Å². The van der Waals surface area contributed by atoms with Gasteiger partial charge in [0.15, 0.2) is 0 Å². The minimum atomic E-state index is -0.0950. The summed E-state index contributed by atoms with van der Waals surface area (Å²) in [5.74, 6) is 0.0520. The van der Waals surface area contributed by atoms with E-state index in [2.05, 4.69) is 10.6 Å². The van der Waals surface area contributed by atoms with Gasteiger partial charge >= 0.3 is 0 Å². The molecule has 1 aromatic carbocycles. The highest BCUT2D eigenvalue weighted by Crippen LogP contribution is 2.24. The number of rotatable bonds is 1. The molecule has 0 unspecified atom stereocenters. The highest BCUT2D eigenvalue weighted by molar-refractivity contribution is 5.87. The number of fused-ring (bicyclic) bond motifs is 1. The number of para-hydroxylation sites is 1. The second-order valence-corrected chi connectivity index (χ2v) is 3.17. The molecule has 1 heterocycles. The highest BCUT2D eigenvalue weighted by atomic mass is 16.2. The molecule has 0 aliphatic carbocycles. The van der Waals surface area contributed by atoms with Crippen molar-refractivity contribution in [2.75, 3.05) is 12.4 Å². The summed E-state index contributed by atoms with van der Waals surface area (Å²) in [4.78, 5) is 11.3. The molecule has 3 nitrogen and oxygen atoms in total. The van der Waals surface area contributed by atoms with Crippen LogP contribution < -0.4 is 10.6 Å². The molecule has 0 saturated carbocycles. The van der Waals surface area contributed by atoms with E-state index in [1.54, 1.807) is 7.05 Å². The Morgan fingerprint density at radius 1 is 1.54 bits per heavy atom. The Hall–Kier alpha value is -1.51. The molecule has 68 valence electrons. The molecule has 1 amide bonds. The van der Waals surface area contributed by atoms with E-state index < -0.39 is 0 Å². The largest absolute Gasteiger partial charge is 0.373 e. The van der Waals surface area contributed by atoms with Crippen molar-refractivity contribution >= 4 is 11.6 Å². The summed E-state index contributed by atoms with van der Waals surface area (Å²) in [6.45, 7) is 0. The fourth-order valence-electron chi connectivity index (χ4n) is 1.63. The van der Waals surface area contributed by atoms with Gasteiger partial charge in [0.1, 0.15) is 6.04 Å². The van der Waals surface area contributed by atoms with Crippen LogP contribution in [0.15, 0.2) is 24.3 Å². The maximum atomic E-state index is 11.3. The van der Waals surface area contributed by atoms with Crippen LogP contribution in [0.3, 0.4) is 0 Å². The first kappa shape index (κ1) is 8.10. The van der Waals surface area contributed by atoms with Gasteiger partial charge in [0, 0.05) is 19.2 Å². The molecule has 3 heteroatoms. The predicted octanol–water partition coefficient (Wildman–Crippen LogP) is 0.769. The molecule has 0 spiro atoms. The van der Waals surface area contributed by atoms with Gasteiger partial charge in [-0.15, -0.1) is 0 Å². The van der Waals surface area contributed by atoms with E-state index in [0.29, 0.717) is 0 Å². The standard InChI is InChI=1S/C10H12N2O/c1-11-10(13)9-6-7-4-2-3-5-8(7)12-9/h2-5,9,12H,6H2,1H3,(H,11,13)/t9-/m1/s1. The molecule has 1 aliphatic heterocycles. The number of amides is 1. The third kappa shape index (κ3) is 1.37. The molecule has 1 atom stereocenters. The predicted molar refractivity (Wildman–Crippen MR) is 51.6 cm³/mol. The highest BCUT2D eigenvalue weighted by Gasteiger charge is 2.24. The number of carbonyl (C=O) groups excluding carboxylic acids is 1. The van der Waals surface area contributed by atoms with Crippen LogP contribution >= 0.6 is 0 Å². The van der Waals surface area contributed by atoms with Crippen molar-refractivity contribution < 1.29 is 4.79 Å². The van der Waals surface area contributed by atoms with Gasteiger partial charge in [-0.25, -0.2) is 0 Å². The minimum Gasteiger partial charge on any atom is -0.373 e. The molecule has 1 aromatic rings. The quantitative estimate of drug-likeness (QED) is 0.663. The number of hydrogen-bond acceptors (Lipinski definition) is 2. The summed E-state index contributed by atoms with van der Waals surface area (Å²) >= 11 is 0. The van der Waals surface area contributed by atoms with Gasteiger partial charge in [0.2, 0.25) is 5.91 Å². The van der Waals surface area contributed by atoms with Crippen molar-refractivity contribution in [2.45, 2.75) is 12.5 Å². The maximum absolute atomic E-state index is 11.3. The van der Waals surface area contributed by atoms with E-state index in [1.807, 2.05) is 24.3 Å².